The molecule has 1 unspecified atom stereocenters. The molecule has 0 bridgehead atoms. The summed E-state index contributed by atoms with van der Waals surface area (Å²) in [4.78, 5) is 0. The van der Waals surface area contributed by atoms with E-state index in [-0.39, 0.29) is 6.17 Å². The van der Waals surface area contributed by atoms with Crippen molar-refractivity contribution in [3.8, 4) is 11.1 Å². The second-order valence-electron chi connectivity index (χ2n) is 5.84. The first-order valence-electron chi connectivity index (χ1n) is 7.92. The van der Waals surface area contributed by atoms with Crippen molar-refractivity contribution in [3.63, 3.8) is 0 Å². The Morgan fingerprint density at radius 1 is 0.826 bits per heavy atom. The zero-order valence-corrected chi connectivity index (χ0v) is 13.4. The van der Waals surface area contributed by atoms with Crippen molar-refractivity contribution in [1.29, 1.82) is 0 Å². The van der Waals surface area contributed by atoms with Gasteiger partial charge < -0.3 is 5.73 Å². The van der Waals surface area contributed by atoms with Crippen LogP contribution in [0.15, 0.2) is 78.9 Å². The SMILES string of the molecule is Cc1ccc(-c2cccc(CNC(N)c3ccccc3)c2)cc1. The highest BCUT2D eigenvalue weighted by molar-refractivity contribution is 5.64. The fourth-order valence-electron chi connectivity index (χ4n) is 2.61. The van der Waals surface area contributed by atoms with Gasteiger partial charge in [0.05, 0.1) is 6.17 Å². The van der Waals surface area contributed by atoms with Gasteiger partial charge in [0, 0.05) is 6.54 Å². The predicted octanol–water partition coefficient (Wildman–Crippen LogP) is 4.41. The number of hydrogen-bond acceptors (Lipinski definition) is 2. The van der Waals surface area contributed by atoms with Crippen LogP contribution in [0.5, 0.6) is 0 Å². The van der Waals surface area contributed by atoms with Crippen LogP contribution >= 0.6 is 0 Å². The maximum atomic E-state index is 6.20. The third-order valence-electron chi connectivity index (χ3n) is 4.00. The Morgan fingerprint density at radius 3 is 2.30 bits per heavy atom. The van der Waals surface area contributed by atoms with Gasteiger partial charge in [0.1, 0.15) is 0 Å². The third-order valence-corrected chi connectivity index (χ3v) is 4.00. The Balaban J connectivity index is 1.69. The number of benzene rings is 3. The molecule has 0 fully saturated rings. The van der Waals surface area contributed by atoms with Crippen LogP contribution in [0.25, 0.3) is 11.1 Å². The van der Waals surface area contributed by atoms with Gasteiger partial charge in [-0.15, -0.1) is 0 Å². The summed E-state index contributed by atoms with van der Waals surface area (Å²) in [5.74, 6) is 0. The molecule has 116 valence electrons. The minimum Gasteiger partial charge on any atom is -0.312 e. The molecule has 23 heavy (non-hydrogen) atoms. The molecule has 0 saturated carbocycles. The fraction of sp³-hybridized carbons (Fsp3) is 0.143. The van der Waals surface area contributed by atoms with Crippen LogP contribution in [0.1, 0.15) is 22.9 Å². The maximum Gasteiger partial charge on any atom is 0.0812 e. The number of hydrogen-bond donors (Lipinski definition) is 2. The molecule has 2 nitrogen and oxygen atoms in total. The van der Waals surface area contributed by atoms with E-state index >= 15 is 0 Å². The molecule has 3 N–H and O–H groups in total. The summed E-state index contributed by atoms with van der Waals surface area (Å²) < 4.78 is 0. The molecule has 3 aromatic rings. The molecule has 0 aromatic heterocycles. The van der Waals surface area contributed by atoms with E-state index in [0.29, 0.717) is 0 Å². The highest BCUT2D eigenvalue weighted by Gasteiger charge is 2.05. The average molecular weight is 302 g/mol. The Kier molecular flexibility index (Phi) is 4.86. The normalized spacial score (nSPS) is 12.1. The van der Waals surface area contributed by atoms with Gasteiger partial charge in [0.2, 0.25) is 0 Å². The summed E-state index contributed by atoms with van der Waals surface area (Å²) >= 11 is 0. The van der Waals surface area contributed by atoms with E-state index in [4.69, 9.17) is 5.73 Å². The van der Waals surface area contributed by atoms with Gasteiger partial charge in [-0.05, 0) is 35.2 Å². The predicted molar refractivity (Wildman–Crippen MR) is 96.8 cm³/mol. The van der Waals surface area contributed by atoms with Crippen molar-refractivity contribution in [3.05, 3.63) is 95.6 Å². The van der Waals surface area contributed by atoms with Crippen molar-refractivity contribution < 1.29 is 0 Å². The van der Waals surface area contributed by atoms with Gasteiger partial charge >= 0.3 is 0 Å². The molecule has 3 aromatic carbocycles. The van der Waals surface area contributed by atoms with Crippen molar-refractivity contribution in [2.75, 3.05) is 0 Å². The minimum atomic E-state index is -0.153. The molecule has 3 rings (SSSR count). The van der Waals surface area contributed by atoms with Crippen molar-refractivity contribution in [2.24, 2.45) is 5.73 Å². The number of nitrogens with one attached hydrogen (secondary N) is 1. The van der Waals surface area contributed by atoms with Gasteiger partial charge in [-0.2, -0.15) is 0 Å². The molecule has 0 spiro atoms. The first kappa shape index (κ1) is 15.5. The van der Waals surface area contributed by atoms with Crippen LogP contribution in [0.3, 0.4) is 0 Å². The average Bonchev–Trinajstić information content (AvgIpc) is 2.61. The first-order chi connectivity index (χ1) is 11.2. The van der Waals surface area contributed by atoms with E-state index in [1.807, 2.05) is 30.3 Å². The van der Waals surface area contributed by atoms with Gasteiger partial charge in [-0.3, -0.25) is 5.32 Å². The van der Waals surface area contributed by atoms with Crippen LogP contribution in [0.4, 0.5) is 0 Å². The standard InChI is InChI=1S/C21H22N2/c1-16-10-12-18(13-11-16)20-9-5-6-17(14-20)15-23-21(22)19-7-3-2-4-8-19/h2-14,21,23H,15,22H2,1H3. The maximum absolute atomic E-state index is 6.20. The Bertz CT molecular complexity index is 748. The van der Waals surface area contributed by atoms with E-state index < -0.39 is 0 Å². The minimum absolute atomic E-state index is 0.153. The molecule has 0 saturated heterocycles. The summed E-state index contributed by atoms with van der Waals surface area (Å²) in [6, 6.07) is 27.3. The van der Waals surface area contributed by atoms with Crippen LogP contribution in [-0.2, 0) is 6.54 Å². The topological polar surface area (TPSA) is 38.0 Å². The number of nitrogens with two attached hydrogens (primary N) is 1. The number of aryl methyl sites for hydroxylation is 1. The van der Waals surface area contributed by atoms with E-state index in [0.717, 1.165) is 12.1 Å². The van der Waals surface area contributed by atoms with Gasteiger partial charge in [0.15, 0.2) is 0 Å². The van der Waals surface area contributed by atoms with Crippen molar-refractivity contribution >= 4 is 0 Å². The molecule has 1 atom stereocenters. The van der Waals surface area contributed by atoms with E-state index in [1.165, 1.54) is 22.3 Å². The molecule has 0 amide bonds. The van der Waals surface area contributed by atoms with Gasteiger partial charge in [-0.25, -0.2) is 0 Å². The van der Waals surface area contributed by atoms with Crippen molar-refractivity contribution in [2.45, 2.75) is 19.6 Å². The summed E-state index contributed by atoms with van der Waals surface area (Å²) in [7, 11) is 0. The van der Waals surface area contributed by atoms with E-state index in [1.54, 1.807) is 0 Å². The van der Waals surface area contributed by atoms with Gasteiger partial charge in [0.25, 0.3) is 0 Å². The first-order valence-corrected chi connectivity index (χ1v) is 7.92. The van der Waals surface area contributed by atoms with Crippen LogP contribution in [-0.4, -0.2) is 0 Å². The largest absolute Gasteiger partial charge is 0.312 e. The summed E-state index contributed by atoms with van der Waals surface area (Å²) in [5, 5.41) is 3.38. The number of rotatable bonds is 5. The lowest BCUT2D eigenvalue weighted by Gasteiger charge is -2.14. The molecule has 0 aliphatic carbocycles. The zero-order valence-electron chi connectivity index (χ0n) is 13.4. The van der Waals surface area contributed by atoms with E-state index in [9.17, 15) is 0 Å². The second-order valence-corrected chi connectivity index (χ2v) is 5.84. The molecule has 0 aliphatic rings. The molecule has 0 heterocycles. The highest BCUT2D eigenvalue weighted by Crippen LogP contribution is 2.21. The lowest BCUT2D eigenvalue weighted by Crippen LogP contribution is -2.28. The third kappa shape index (κ3) is 4.07. The molecule has 0 radical (unpaired) electrons. The molecule has 0 aliphatic heterocycles. The lowest BCUT2D eigenvalue weighted by atomic mass is 10.0. The monoisotopic (exact) mass is 302 g/mol. The zero-order chi connectivity index (χ0) is 16.1. The van der Waals surface area contributed by atoms with Crippen LogP contribution < -0.4 is 11.1 Å². The van der Waals surface area contributed by atoms with Crippen LogP contribution in [0, 0.1) is 6.92 Å². The summed E-state index contributed by atoms with van der Waals surface area (Å²) in [5.41, 5.74) is 12.3. The summed E-state index contributed by atoms with van der Waals surface area (Å²) in [6.45, 7) is 2.85. The summed E-state index contributed by atoms with van der Waals surface area (Å²) in [6.07, 6.45) is -0.153. The van der Waals surface area contributed by atoms with E-state index in [2.05, 4.69) is 60.8 Å². The Labute approximate surface area is 138 Å². The van der Waals surface area contributed by atoms with Gasteiger partial charge in [-0.1, -0.05) is 78.4 Å². The Hall–Kier alpha value is -2.42. The fourth-order valence-corrected chi connectivity index (χ4v) is 2.61. The Morgan fingerprint density at radius 2 is 1.57 bits per heavy atom. The van der Waals surface area contributed by atoms with Crippen LogP contribution in [0.2, 0.25) is 0 Å². The smallest absolute Gasteiger partial charge is 0.0812 e. The second kappa shape index (κ2) is 7.23. The highest BCUT2D eigenvalue weighted by atomic mass is 15.0. The quantitative estimate of drug-likeness (QED) is 0.685. The molecule has 2 heteroatoms. The molecular weight excluding hydrogens is 280 g/mol. The molecular formula is C21H22N2. The lowest BCUT2D eigenvalue weighted by molar-refractivity contribution is 0.552. The van der Waals surface area contributed by atoms with Crippen molar-refractivity contribution in [1.82, 2.24) is 5.32 Å².